The fourth-order valence-corrected chi connectivity index (χ4v) is 2.53. The van der Waals surface area contributed by atoms with Gasteiger partial charge in [-0.05, 0) is 18.4 Å². The summed E-state index contributed by atoms with van der Waals surface area (Å²) in [5.41, 5.74) is 1.32. The number of nitrogens with zero attached hydrogens (tertiary/aromatic N) is 2. The SMILES string of the molecule is O=C(O)CCCCCNC(=O)C1=NN(Cc2ccccc2)C(=O)CC1. The number of rotatable bonds is 9. The lowest BCUT2D eigenvalue weighted by Crippen LogP contribution is -2.39. The van der Waals surface area contributed by atoms with Gasteiger partial charge in [0.25, 0.3) is 5.91 Å². The first-order chi connectivity index (χ1) is 12.1. The molecule has 0 unspecified atom stereocenters. The van der Waals surface area contributed by atoms with E-state index in [1.165, 1.54) is 5.01 Å². The maximum atomic E-state index is 12.2. The van der Waals surface area contributed by atoms with Crippen molar-refractivity contribution in [1.82, 2.24) is 10.3 Å². The standard InChI is InChI=1S/C18H23N3O4/c22-16-11-10-15(18(25)19-12-6-2-5-9-17(23)24)20-21(16)13-14-7-3-1-4-8-14/h1,3-4,7-8H,2,5-6,9-13H2,(H,19,25)(H,23,24). The van der Waals surface area contributed by atoms with Gasteiger partial charge in [-0.1, -0.05) is 36.8 Å². The number of carbonyl (C=O) groups is 3. The van der Waals surface area contributed by atoms with Crippen molar-refractivity contribution in [3.63, 3.8) is 0 Å². The second-order valence-electron chi connectivity index (χ2n) is 5.94. The van der Waals surface area contributed by atoms with Gasteiger partial charge in [0.2, 0.25) is 5.91 Å². The van der Waals surface area contributed by atoms with Crippen LogP contribution in [0.15, 0.2) is 35.4 Å². The van der Waals surface area contributed by atoms with Gasteiger partial charge in [-0.15, -0.1) is 0 Å². The molecule has 2 amide bonds. The van der Waals surface area contributed by atoms with E-state index >= 15 is 0 Å². The zero-order valence-electron chi connectivity index (χ0n) is 14.1. The van der Waals surface area contributed by atoms with Gasteiger partial charge < -0.3 is 10.4 Å². The summed E-state index contributed by atoms with van der Waals surface area (Å²) in [5.74, 6) is -1.15. The highest BCUT2D eigenvalue weighted by Crippen LogP contribution is 2.13. The van der Waals surface area contributed by atoms with E-state index in [0.29, 0.717) is 31.6 Å². The van der Waals surface area contributed by atoms with Gasteiger partial charge in [-0.25, -0.2) is 5.01 Å². The van der Waals surface area contributed by atoms with Crippen LogP contribution in [0.3, 0.4) is 0 Å². The third-order valence-corrected chi connectivity index (χ3v) is 3.90. The molecule has 0 spiro atoms. The van der Waals surface area contributed by atoms with Gasteiger partial charge in [-0.3, -0.25) is 14.4 Å². The normalized spacial score (nSPS) is 14.2. The van der Waals surface area contributed by atoms with Crippen molar-refractivity contribution in [2.24, 2.45) is 5.10 Å². The molecule has 0 bridgehead atoms. The molecule has 2 rings (SSSR count). The molecular formula is C18H23N3O4. The summed E-state index contributed by atoms with van der Waals surface area (Å²) < 4.78 is 0. The predicted molar refractivity (Wildman–Crippen MR) is 92.8 cm³/mol. The minimum Gasteiger partial charge on any atom is -0.481 e. The number of aliphatic carboxylic acids is 1. The molecule has 0 fully saturated rings. The molecule has 25 heavy (non-hydrogen) atoms. The Morgan fingerprint density at radius 2 is 1.88 bits per heavy atom. The second-order valence-corrected chi connectivity index (χ2v) is 5.94. The van der Waals surface area contributed by atoms with Crippen molar-refractivity contribution in [2.75, 3.05) is 6.54 Å². The van der Waals surface area contributed by atoms with Crippen LogP contribution in [0.1, 0.15) is 44.1 Å². The van der Waals surface area contributed by atoms with E-state index in [1.807, 2.05) is 30.3 Å². The lowest BCUT2D eigenvalue weighted by Gasteiger charge is -2.23. The molecule has 1 aromatic rings. The molecule has 7 nitrogen and oxygen atoms in total. The Hall–Kier alpha value is -2.70. The van der Waals surface area contributed by atoms with Crippen LogP contribution in [0.2, 0.25) is 0 Å². The molecule has 0 saturated heterocycles. The number of nitrogens with one attached hydrogen (secondary N) is 1. The fourth-order valence-electron chi connectivity index (χ4n) is 2.53. The van der Waals surface area contributed by atoms with Crippen molar-refractivity contribution in [3.05, 3.63) is 35.9 Å². The molecule has 7 heteroatoms. The van der Waals surface area contributed by atoms with Gasteiger partial charge in [0.05, 0.1) is 6.54 Å². The Balaban J connectivity index is 1.81. The number of benzene rings is 1. The Morgan fingerprint density at radius 3 is 2.60 bits per heavy atom. The van der Waals surface area contributed by atoms with Crippen LogP contribution < -0.4 is 5.32 Å². The van der Waals surface area contributed by atoms with Crippen molar-refractivity contribution >= 4 is 23.5 Å². The number of hydrogen-bond acceptors (Lipinski definition) is 4. The van der Waals surface area contributed by atoms with E-state index in [4.69, 9.17) is 5.11 Å². The highest BCUT2D eigenvalue weighted by Gasteiger charge is 2.24. The summed E-state index contributed by atoms with van der Waals surface area (Å²) in [4.78, 5) is 34.6. The van der Waals surface area contributed by atoms with Gasteiger partial charge in [0, 0.05) is 25.8 Å². The summed E-state index contributed by atoms with van der Waals surface area (Å²) in [6, 6.07) is 9.51. The largest absolute Gasteiger partial charge is 0.481 e. The maximum Gasteiger partial charge on any atom is 0.303 e. The lowest BCUT2D eigenvalue weighted by atomic mass is 10.1. The summed E-state index contributed by atoms with van der Waals surface area (Å²) in [7, 11) is 0. The molecular weight excluding hydrogens is 322 g/mol. The fraction of sp³-hybridized carbons (Fsp3) is 0.444. The Labute approximate surface area is 146 Å². The number of carbonyl (C=O) groups excluding carboxylic acids is 2. The minimum absolute atomic E-state index is 0.0888. The Bertz CT molecular complexity index is 643. The summed E-state index contributed by atoms with van der Waals surface area (Å²) in [5, 5.41) is 16.9. The van der Waals surface area contributed by atoms with Crippen LogP contribution in [-0.4, -0.2) is 40.2 Å². The van der Waals surface area contributed by atoms with Crippen molar-refractivity contribution < 1.29 is 19.5 Å². The monoisotopic (exact) mass is 345 g/mol. The molecule has 1 aromatic carbocycles. The van der Waals surface area contributed by atoms with E-state index in [9.17, 15) is 14.4 Å². The number of amides is 2. The highest BCUT2D eigenvalue weighted by atomic mass is 16.4. The van der Waals surface area contributed by atoms with Crippen LogP contribution in [-0.2, 0) is 20.9 Å². The van der Waals surface area contributed by atoms with Crippen LogP contribution in [0.5, 0.6) is 0 Å². The molecule has 0 aromatic heterocycles. The smallest absolute Gasteiger partial charge is 0.303 e. The van der Waals surface area contributed by atoms with Crippen molar-refractivity contribution in [2.45, 2.75) is 45.1 Å². The number of hydrazone groups is 1. The first-order valence-corrected chi connectivity index (χ1v) is 8.48. The maximum absolute atomic E-state index is 12.2. The zero-order chi connectivity index (χ0) is 18.1. The Morgan fingerprint density at radius 1 is 1.12 bits per heavy atom. The van der Waals surface area contributed by atoms with Crippen LogP contribution >= 0.6 is 0 Å². The molecule has 0 aliphatic carbocycles. The van der Waals surface area contributed by atoms with E-state index < -0.39 is 5.97 Å². The third-order valence-electron chi connectivity index (χ3n) is 3.90. The molecule has 0 atom stereocenters. The van der Waals surface area contributed by atoms with Gasteiger partial charge in [-0.2, -0.15) is 5.10 Å². The van der Waals surface area contributed by atoms with Crippen LogP contribution in [0.4, 0.5) is 0 Å². The van der Waals surface area contributed by atoms with Crippen LogP contribution in [0, 0.1) is 0 Å². The topological polar surface area (TPSA) is 99.1 Å². The number of unbranched alkanes of at least 4 members (excludes halogenated alkanes) is 2. The van der Waals surface area contributed by atoms with E-state index in [0.717, 1.165) is 18.4 Å². The molecule has 1 aliphatic rings. The number of carboxylic acid groups (broad SMARTS) is 1. The second kappa shape index (κ2) is 9.56. The third kappa shape index (κ3) is 6.37. The molecule has 0 saturated carbocycles. The quantitative estimate of drug-likeness (QED) is 0.668. The predicted octanol–water partition coefficient (Wildman–Crippen LogP) is 1.93. The van der Waals surface area contributed by atoms with Gasteiger partial charge in [0.1, 0.15) is 5.71 Å². The average molecular weight is 345 g/mol. The number of hydrogen-bond donors (Lipinski definition) is 2. The van der Waals surface area contributed by atoms with Crippen molar-refractivity contribution in [3.8, 4) is 0 Å². The Kier molecular flexibility index (Phi) is 7.13. The molecule has 0 radical (unpaired) electrons. The molecule has 1 heterocycles. The summed E-state index contributed by atoms with van der Waals surface area (Å²) in [6.07, 6.45) is 2.84. The molecule has 2 N–H and O–H groups in total. The lowest BCUT2D eigenvalue weighted by molar-refractivity contribution is -0.137. The van der Waals surface area contributed by atoms with E-state index in [-0.39, 0.29) is 24.7 Å². The zero-order valence-corrected chi connectivity index (χ0v) is 14.1. The highest BCUT2D eigenvalue weighted by molar-refractivity contribution is 6.39. The van der Waals surface area contributed by atoms with Gasteiger partial charge in [0.15, 0.2) is 0 Å². The van der Waals surface area contributed by atoms with Gasteiger partial charge >= 0.3 is 5.97 Å². The summed E-state index contributed by atoms with van der Waals surface area (Å²) >= 11 is 0. The van der Waals surface area contributed by atoms with Crippen LogP contribution in [0.25, 0.3) is 0 Å². The first kappa shape index (κ1) is 18.6. The van der Waals surface area contributed by atoms with Crippen molar-refractivity contribution in [1.29, 1.82) is 0 Å². The van der Waals surface area contributed by atoms with E-state index in [1.54, 1.807) is 0 Å². The number of carboxylic acids is 1. The van der Waals surface area contributed by atoms with E-state index in [2.05, 4.69) is 10.4 Å². The average Bonchev–Trinajstić information content (AvgIpc) is 2.60. The summed E-state index contributed by atoms with van der Waals surface area (Å²) in [6.45, 7) is 0.829. The molecule has 134 valence electrons. The molecule has 1 aliphatic heterocycles. The first-order valence-electron chi connectivity index (χ1n) is 8.48. The minimum atomic E-state index is -0.802.